The second-order valence-corrected chi connectivity index (χ2v) is 4.37. The van der Waals surface area contributed by atoms with Gasteiger partial charge in [-0.05, 0) is 18.8 Å². The Hall–Kier alpha value is -0.610. The molecule has 0 aromatic carbocycles. The van der Waals surface area contributed by atoms with Gasteiger partial charge in [0.25, 0.3) is 0 Å². The van der Waals surface area contributed by atoms with Crippen LogP contribution in [0.1, 0.15) is 19.3 Å². The summed E-state index contributed by atoms with van der Waals surface area (Å²) in [5.74, 6) is 1.06. The van der Waals surface area contributed by atoms with E-state index in [0.717, 1.165) is 25.6 Å². The van der Waals surface area contributed by atoms with Crippen molar-refractivity contribution in [3.63, 3.8) is 0 Å². The zero-order valence-corrected chi connectivity index (χ0v) is 8.54. The van der Waals surface area contributed by atoms with Gasteiger partial charge in [0, 0.05) is 19.6 Å². The van der Waals surface area contributed by atoms with Crippen LogP contribution in [0.5, 0.6) is 0 Å². The molecule has 1 saturated heterocycles. The van der Waals surface area contributed by atoms with Crippen LogP contribution in [0.15, 0.2) is 0 Å². The predicted octanol–water partition coefficient (Wildman–Crippen LogP) is 0.423. The quantitative estimate of drug-likeness (QED) is 0.509. The van der Waals surface area contributed by atoms with E-state index < -0.39 is 0 Å². The molecule has 1 aliphatic heterocycles. The van der Waals surface area contributed by atoms with Crippen LogP contribution in [0, 0.1) is 11.3 Å². The van der Waals surface area contributed by atoms with Crippen LogP contribution in [-0.2, 0) is 4.74 Å². The van der Waals surface area contributed by atoms with Crippen molar-refractivity contribution in [3.8, 4) is 0 Å². The van der Waals surface area contributed by atoms with Crippen molar-refractivity contribution in [1.82, 2.24) is 4.90 Å². The Kier molecular flexibility index (Phi) is 3.03. The van der Waals surface area contributed by atoms with Gasteiger partial charge in [-0.3, -0.25) is 10.3 Å². The van der Waals surface area contributed by atoms with E-state index in [9.17, 15) is 0 Å². The summed E-state index contributed by atoms with van der Waals surface area (Å²) in [6, 6.07) is 0. The van der Waals surface area contributed by atoms with Gasteiger partial charge in [-0.25, -0.2) is 0 Å². The van der Waals surface area contributed by atoms with Crippen LogP contribution >= 0.6 is 0 Å². The van der Waals surface area contributed by atoms with Crippen LogP contribution < -0.4 is 5.73 Å². The lowest BCUT2D eigenvalue weighted by Crippen LogP contribution is -2.49. The van der Waals surface area contributed by atoms with Gasteiger partial charge in [0.1, 0.15) is 11.9 Å². The fourth-order valence-corrected chi connectivity index (χ4v) is 2.10. The molecule has 2 fully saturated rings. The first kappa shape index (κ1) is 9.93. The molecule has 14 heavy (non-hydrogen) atoms. The molecule has 0 aromatic rings. The number of rotatable bonds is 3. The first-order valence-electron chi connectivity index (χ1n) is 5.43. The van der Waals surface area contributed by atoms with Crippen molar-refractivity contribution in [2.75, 3.05) is 26.2 Å². The Morgan fingerprint density at radius 3 is 2.86 bits per heavy atom. The topological polar surface area (TPSA) is 62.3 Å². The summed E-state index contributed by atoms with van der Waals surface area (Å²) in [4.78, 5) is 2.39. The van der Waals surface area contributed by atoms with Gasteiger partial charge in [-0.2, -0.15) is 0 Å². The van der Waals surface area contributed by atoms with E-state index in [2.05, 4.69) is 4.90 Å². The molecular weight excluding hydrogens is 178 g/mol. The van der Waals surface area contributed by atoms with E-state index >= 15 is 0 Å². The summed E-state index contributed by atoms with van der Waals surface area (Å²) in [7, 11) is 0. The van der Waals surface area contributed by atoms with Crippen molar-refractivity contribution < 1.29 is 4.74 Å². The predicted molar refractivity (Wildman–Crippen MR) is 55.4 cm³/mol. The zero-order valence-electron chi connectivity index (χ0n) is 8.54. The molecule has 0 aromatic heterocycles. The Morgan fingerprint density at radius 1 is 1.50 bits per heavy atom. The Bertz CT molecular complexity index is 215. The maximum absolute atomic E-state index is 7.35. The third kappa shape index (κ3) is 2.25. The van der Waals surface area contributed by atoms with Crippen molar-refractivity contribution in [2.45, 2.75) is 25.4 Å². The minimum Gasteiger partial charge on any atom is -0.385 e. The molecule has 1 saturated carbocycles. The van der Waals surface area contributed by atoms with E-state index in [1.807, 2.05) is 0 Å². The number of hydrogen-bond donors (Lipinski definition) is 2. The lowest BCUT2D eigenvalue weighted by Gasteiger charge is -2.37. The normalized spacial score (nSPS) is 29.9. The first-order valence-corrected chi connectivity index (χ1v) is 5.43. The van der Waals surface area contributed by atoms with E-state index in [-0.39, 0.29) is 11.9 Å². The van der Waals surface area contributed by atoms with Crippen molar-refractivity contribution >= 4 is 5.84 Å². The molecule has 4 nitrogen and oxygen atoms in total. The lowest BCUT2D eigenvalue weighted by atomic mass is 9.85. The minimum absolute atomic E-state index is 0.163. The van der Waals surface area contributed by atoms with E-state index in [1.165, 1.54) is 25.8 Å². The summed E-state index contributed by atoms with van der Waals surface area (Å²) in [6.07, 6.45) is 3.99. The van der Waals surface area contributed by atoms with Gasteiger partial charge in [-0.1, -0.05) is 6.42 Å². The molecule has 0 amide bonds. The molecule has 3 N–H and O–H groups in total. The second kappa shape index (κ2) is 4.28. The maximum atomic E-state index is 7.35. The fraction of sp³-hybridized carbons (Fsp3) is 0.900. The monoisotopic (exact) mass is 197 g/mol. The van der Waals surface area contributed by atoms with Gasteiger partial charge >= 0.3 is 0 Å². The Balaban J connectivity index is 1.78. The smallest absolute Gasteiger partial charge is 0.127 e. The highest BCUT2D eigenvalue weighted by Crippen LogP contribution is 2.27. The summed E-state index contributed by atoms with van der Waals surface area (Å²) >= 11 is 0. The van der Waals surface area contributed by atoms with Gasteiger partial charge in [0.05, 0.1) is 6.61 Å². The van der Waals surface area contributed by atoms with E-state index in [0.29, 0.717) is 0 Å². The van der Waals surface area contributed by atoms with Gasteiger partial charge in [-0.15, -0.1) is 0 Å². The van der Waals surface area contributed by atoms with Crippen molar-refractivity contribution in [3.05, 3.63) is 0 Å². The molecule has 0 spiro atoms. The standard InChI is InChI=1S/C10H19N3O/c11-10(12)9-7-13(4-5-14-9)6-8-2-1-3-8/h8-9H,1-7H2,(H3,11,12). The number of nitrogens with one attached hydrogen (secondary N) is 1. The molecule has 0 radical (unpaired) electrons. The number of ether oxygens (including phenoxy) is 1. The average molecular weight is 197 g/mol. The van der Waals surface area contributed by atoms with Crippen LogP contribution in [-0.4, -0.2) is 43.1 Å². The van der Waals surface area contributed by atoms with Crippen molar-refractivity contribution in [2.24, 2.45) is 11.7 Å². The molecule has 2 aliphatic rings. The molecule has 4 heteroatoms. The molecule has 1 atom stereocenters. The minimum atomic E-state index is -0.163. The number of nitrogens with zero attached hydrogens (tertiary/aromatic N) is 1. The van der Waals surface area contributed by atoms with E-state index in [4.69, 9.17) is 15.9 Å². The largest absolute Gasteiger partial charge is 0.385 e. The van der Waals surface area contributed by atoms with Crippen LogP contribution in [0.25, 0.3) is 0 Å². The van der Waals surface area contributed by atoms with E-state index in [1.54, 1.807) is 0 Å². The summed E-state index contributed by atoms with van der Waals surface area (Å²) in [5.41, 5.74) is 5.44. The highest BCUT2D eigenvalue weighted by atomic mass is 16.5. The number of hydrogen-bond acceptors (Lipinski definition) is 3. The Labute approximate surface area is 84.9 Å². The zero-order chi connectivity index (χ0) is 9.97. The molecule has 1 unspecified atom stereocenters. The summed E-state index contributed by atoms with van der Waals surface area (Å²) < 4.78 is 5.41. The summed E-state index contributed by atoms with van der Waals surface area (Å²) in [6.45, 7) is 3.70. The third-order valence-electron chi connectivity index (χ3n) is 3.24. The highest BCUT2D eigenvalue weighted by Gasteiger charge is 2.26. The number of amidine groups is 1. The van der Waals surface area contributed by atoms with Crippen LogP contribution in [0.2, 0.25) is 0 Å². The fourth-order valence-electron chi connectivity index (χ4n) is 2.10. The molecular formula is C10H19N3O. The Morgan fingerprint density at radius 2 is 2.29 bits per heavy atom. The molecule has 1 aliphatic carbocycles. The van der Waals surface area contributed by atoms with Gasteiger partial charge < -0.3 is 10.5 Å². The molecule has 1 heterocycles. The van der Waals surface area contributed by atoms with Gasteiger partial charge in [0.2, 0.25) is 0 Å². The van der Waals surface area contributed by atoms with Crippen molar-refractivity contribution in [1.29, 1.82) is 5.41 Å². The lowest BCUT2D eigenvalue weighted by molar-refractivity contribution is -0.00496. The third-order valence-corrected chi connectivity index (χ3v) is 3.24. The molecule has 80 valence electrons. The SMILES string of the molecule is N=C(N)C1CN(CC2CCC2)CCO1. The van der Waals surface area contributed by atoms with Gasteiger partial charge in [0.15, 0.2) is 0 Å². The number of morpholine rings is 1. The number of nitrogens with two attached hydrogens (primary N) is 1. The first-order chi connectivity index (χ1) is 6.75. The van der Waals surface area contributed by atoms with Crippen LogP contribution in [0.3, 0.4) is 0 Å². The maximum Gasteiger partial charge on any atom is 0.127 e. The second-order valence-electron chi connectivity index (χ2n) is 4.37. The average Bonchev–Trinajstić information content (AvgIpc) is 2.12. The van der Waals surface area contributed by atoms with Crippen LogP contribution in [0.4, 0.5) is 0 Å². The molecule has 0 bridgehead atoms. The molecule has 2 rings (SSSR count). The highest BCUT2D eigenvalue weighted by molar-refractivity contribution is 5.82. The summed E-state index contributed by atoms with van der Waals surface area (Å²) in [5, 5.41) is 7.35.